The van der Waals surface area contributed by atoms with Gasteiger partial charge in [0.05, 0.1) is 29.9 Å². The molecule has 288 valence electrons. The average Bonchev–Trinajstić information content (AvgIpc) is 3.75. The van der Waals surface area contributed by atoms with Gasteiger partial charge in [-0.1, -0.05) is 66.2 Å². The second kappa shape index (κ2) is 17.3. The molecule has 0 radical (unpaired) electrons. The number of nitrogens with zero attached hydrogens (tertiary/aromatic N) is 3. The molecule has 16 heteroatoms. The van der Waals surface area contributed by atoms with Crippen LogP contribution in [0.4, 0.5) is 15.7 Å². The minimum Gasteiger partial charge on any atom is -0.478 e. The summed E-state index contributed by atoms with van der Waals surface area (Å²) in [5, 5.41) is 18.9. The van der Waals surface area contributed by atoms with Crippen LogP contribution in [0.3, 0.4) is 0 Å². The number of anilines is 2. The van der Waals surface area contributed by atoms with Gasteiger partial charge in [-0.25, -0.2) is 19.9 Å². The monoisotopic (exact) mass is 787 g/mol. The van der Waals surface area contributed by atoms with Crippen molar-refractivity contribution in [1.29, 1.82) is 0 Å². The van der Waals surface area contributed by atoms with Crippen LogP contribution < -0.4 is 19.9 Å². The number of para-hydroxylation sites is 1. The lowest BCUT2D eigenvalue weighted by atomic mass is 10.1. The fourth-order valence-corrected chi connectivity index (χ4v) is 9.94. The molecule has 3 atom stereocenters. The van der Waals surface area contributed by atoms with Crippen molar-refractivity contribution in [3.05, 3.63) is 113 Å². The molecule has 2 aromatic heterocycles. The molecule has 3 heterocycles. The predicted molar refractivity (Wildman–Crippen MR) is 208 cm³/mol. The van der Waals surface area contributed by atoms with Gasteiger partial charge in [0.2, 0.25) is 11.9 Å². The van der Waals surface area contributed by atoms with Crippen LogP contribution >= 0.6 is 11.3 Å². The maximum absolute atomic E-state index is 14.3. The number of nitrogens with one attached hydrogen (secondary N) is 3. The lowest BCUT2D eigenvalue weighted by molar-refractivity contribution is -0.460. The minimum absolute atomic E-state index is 0.0778. The molecule has 1 fully saturated rings. The van der Waals surface area contributed by atoms with Gasteiger partial charge >= 0.3 is 27.2 Å². The van der Waals surface area contributed by atoms with Crippen LogP contribution in [0.2, 0.25) is 0 Å². The Balaban J connectivity index is 1.10. The molecule has 2 amide bonds. The zero-order chi connectivity index (χ0) is 39.1. The molecular weight excluding hydrogens is 745 g/mol. The lowest BCUT2D eigenvalue weighted by Crippen LogP contribution is -2.49. The molecule has 0 spiro atoms. The Morgan fingerprint density at radius 3 is 2.42 bits per heavy atom. The topological polar surface area (TPSA) is 180 Å². The number of thiazole rings is 1. The largest absolute Gasteiger partial charge is 0.478 e. The molecule has 3 unspecified atom stereocenters. The van der Waals surface area contributed by atoms with Gasteiger partial charge in [-0.3, -0.25) is 4.79 Å². The van der Waals surface area contributed by atoms with E-state index in [4.69, 9.17) is 9.47 Å². The van der Waals surface area contributed by atoms with E-state index >= 15 is 0 Å². The number of amides is 2. The van der Waals surface area contributed by atoms with Gasteiger partial charge in [0.1, 0.15) is 23.9 Å². The number of rotatable bonds is 15. The molecule has 3 aromatic carbocycles. The molecule has 55 heavy (non-hydrogen) atoms. The molecule has 1 aliphatic rings. The number of hydrogen-bond acceptors (Lipinski definition) is 11. The van der Waals surface area contributed by atoms with E-state index in [1.165, 1.54) is 0 Å². The summed E-state index contributed by atoms with van der Waals surface area (Å²) in [5.41, 5.74) is 3.29. The number of carboxylic acids is 1. The van der Waals surface area contributed by atoms with Crippen LogP contribution in [-0.2, 0) is 35.7 Å². The summed E-state index contributed by atoms with van der Waals surface area (Å²) in [7, 11) is -4.19. The lowest BCUT2D eigenvalue weighted by Gasteiger charge is -2.24. The number of carboxylic acid groups (broad SMARTS) is 1. The fourth-order valence-electron chi connectivity index (χ4n) is 6.67. The van der Waals surface area contributed by atoms with Crippen LogP contribution in [0.15, 0.2) is 96.0 Å². The maximum Gasteiger partial charge on any atom is 0.410 e. The van der Waals surface area contributed by atoms with E-state index in [2.05, 4.69) is 20.9 Å². The zero-order valence-corrected chi connectivity index (χ0v) is 32.2. The van der Waals surface area contributed by atoms with Gasteiger partial charge in [0.15, 0.2) is 5.52 Å². The van der Waals surface area contributed by atoms with Gasteiger partial charge in [-0.15, -0.1) is 3.97 Å². The zero-order valence-electron chi connectivity index (χ0n) is 30.6. The van der Waals surface area contributed by atoms with E-state index in [1.54, 1.807) is 67.4 Å². The Morgan fingerprint density at radius 1 is 1.00 bits per heavy atom. The smallest absolute Gasteiger partial charge is 0.410 e. The molecule has 1 aliphatic heterocycles. The van der Waals surface area contributed by atoms with Gasteiger partial charge < -0.3 is 30.1 Å². The number of fused-ring (bicyclic) bond motifs is 1. The summed E-state index contributed by atoms with van der Waals surface area (Å²) in [5.74, 6) is -1.23. The number of pyridine rings is 1. The first kappa shape index (κ1) is 39.1. The third kappa shape index (κ3) is 9.39. The van der Waals surface area contributed by atoms with E-state index < -0.39 is 46.7 Å². The normalized spacial score (nSPS) is 16.1. The highest BCUT2D eigenvalue weighted by Gasteiger charge is 2.38. The second-order valence-electron chi connectivity index (χ2n) is 13.3. The van der Waals surface area contributed by atoms with Crippen molar-refractivity contribution in [3.8, 4) is 0 Å². The number of benzene rings is 3. The Labute approximate surface area is 323 Å². The van der Waals surface area contributed by atoms with Crippen molar-refractivity contribution in [1.82, 2.24) is 15.2 Å². The number of likely N-dealkylation sites (tertiary alicyclic amines) is 1. The van der Waals surface area contributed by atoms with Crippen LogP contribution in [0.25, 0.3) is 10.2 Å². The number of aromatic nitrogens is 2. The first-order chi connectivity index (χ1) is 26.4. The van der Waals surface area contributed by atoms with Crippen LogP contribution in [0, 0.1) is 20.8 Å². The highest BCUT2D eigenvalue weighted by molar-refractivity contribution is 7.85. The van der Waals surface area contributed by atoms with Crippen LogP contribution in [-0.4, -0.2) is 85.8 Å². The summed E-state index contributed by atoms with van der Waals surface area (Å²) in [6.07, 6.45) is 1.05. The van der Waals surface area contributed by atoms with E-state index in [0.717, 1.165) is 26.4 Å². The minimum atomic E-state index is -4.19. The summed E-state index contributed by atoms with van der Waals surface area (Å²) in [6, 6.07) is 23.6. The first-order valence-electron chi connectivity index (χ1n) is 17.7. The number of carbonyl (C=O) groups is 3. The van der Waals surface area contributed by atoms with E-state index in [0.29, 0.717) is 40.1 Å². The SMILES string of the molecule is Cc1cc(C)c(S(=O)(=O)[n+]2c(NC(CNC(=O)COC3CC(CNc4ccccn4)N(C(=O)OCc4ccccc4)C3)C(=O)O)sc3ccccc32)c(C)c1. The number of carbonyl (C=O) groups excluding carboxylic acids is 2. The molecule has 14 nitrogen and oxygen atoms in total. The Morgan fingerprint density at radius 2 is 1.71 bits per heavy atom. The van der Waals surface area contributed by atoms with E-state index in [1.807, 2.05) is 49.4 Å². The molecule has 0 saturated carbocycles. The highest BCUT2D eigenvalue weighted by atomic mass is 32.2. The van der Waals surface area contributed by atoms with Crippen molar-refractivity contribution >= 4 is 60.5 Å². The van der Waals surface area contributed by atoms with Crippen molar-refractivity contribution in [2.24, 2.45) is 0 Å². The van der Waals surface area contributed by atoms with Crippen molar-refractivity contribution in [2.75, 3.05) is 36.9 Å². The van der Waals surface area contributed by atoms with Gasteiger partial charge in [0, 0.05) is 12.7 Å². The average molecular weight is 788 g/mol. The van der Waals surface area contributed by atoms with E-state index in [9.17, 15) is 27.9 Å². The summed E-state index contributed by atoms with van der Waals surface area (Å²) in [4.78, 5) is 44.7. The van der Waals surface area contributed by atoms with Gasteiger partial charge in [0.25, 0.3) is 0 Å². The maximum atomic E-state index is 14.3. The molecule has 0 bridgehead atoms. The fraction of sp³-hybridized carbons (Fsp3) is 0.308. The third-order valence-electron chi connectivity index (χ3n) is 9.13. The van der Waals surface area contributed by atoms with Crippen molar-refractivity contribution in [3.63, 3.8) is 0 Å². The Bertz CT molecular complexity index is 2250. The molecule has 5 aromatic rings. The van der Waals surface area contributed by atoms with Crippen molar-refractivity contribution in [2.45, 2.75) is 56.9 Å². The second-order valence-corrected chi connectivity index (χ2v) is 16.1. The molecule has 4 N–H and O–H groups in total. The van der Waals surface area contributed by atoms with Crippen LogP contribution in [0.1, 0.15) is 28.7 Å². The Kier molecular flexibility index (Phi) is 12.3. The number of ether oxygens (including phenoxy) is 2. The molecular formula is C39H43N6O8S2+. The molecule has 1 saturated heterocycles. The third-order valence-corrected chi connectivity index (χ3v) is 12.3. The standard InChI is InChI=1S/C39H42N6O8S2/c1-25-17-26(2)36(27(3)18-25)55(50,51)45-32-13-7-8-14-33(32)54-38(45)43-31(37(47)48)21-42-35(46)24-52-30-19-29(20-41-34-15-9-10-16-40-34)44(22-30)39(49)53-23-28-11-5-4-6-12-28/h4-18,29-31H,19-24H2,1-3H3,(H3,40,41,42,46,47,48)/p+1. The van der Waals surface area contributed by atoms with Crippen LogP contribution in [0.5, 0.6) is 0 Å². The molecule has 6 rings (SSSR count). The summed E-state index contributed by atoms with van der Waals surface area (Å²) in [6.45, 7) is 5.23. The number of hydrogen-bond donors (Lipinski definition) is 4. The Hall–Kier alpha value is -5.58. The molecule has 0 aliphatic carbocycles. The summed E-state index contributed by atoms with van der Waals surface area (Å²) >= 11 is 1.10. The van der Waals surface area contributed by atoms with Gasteiger partial charge in [-0.05, 0) is 79.5 Å². The quantitative estimate of drug-likeness (QED) is 0.109. The van der Waals surface area contributed by atoms with Gasteiger partial charge in [-0.2, -0.15) is 8.42 Å². The number of aliphatic carboxylic acids is 1. The number of aryl methyl sites for hydroxylation is 3. The summed E-state index contributed by atoms with van der Waals surface area (Å²) < 4.78 is 41.8. The predicted octanol–water partition coefficient (Wildman–Crippen LogP) is 4.64. The highest BCUT2D eigenvalue weighted by Crippen LogP contribution is 2.30. The van der Waals surface area contributed by atoms with Crippen molar-refractivity contribution < 1.29 is 41.4 Å². The first-order valence-corrected chi connectivity index (χ1v) is 19.9. The van der Waals surface area contributed by atoms with E-state index in [-0.39, 0.29) is 35.8 Å².